The fraction of sp³-hybridized carbons (Fsp3) is 0.238. The molecule has 11 nitrogen and oxygen atoms in total. The molecule has 6 N–H and O–H groups in total. The Bertz CT molecular complexity index is 1220. The molecule has 2 aromatic carbocycles. The molecule has 1 saturated heterocycles. The van der Waals surface area contributed by atoms with E-state index in [9.17, 15) is 35.1 Å². The highest BCUT2D eigenvalue weighted by Crippen LogP contribution is 2.42. The second kappa shape index (κ2) is 8.13. The number of carboxylic acids is 1. The van der Waals surface area contributed by atoms with Crippen LogP contribution in [0.1, 0.15) is 0 Å². The number of carbonyl (C=O) groups is 1. The molecule has 0 aliphatic carbocycles. The minimum absolute atomic E-state index is 0.164. The molecule has 0 spiro atoms. The maximum atomic E-state index is 12.5. The highest BCUT2D eigenvalue weighted by molar-refractivity contribution is 5.89. The Labute approximate surface area is 178 Å². The first-order valence-electron chi connectivity index (χ1n) is 9.36. The Hall–Kier alpha value is -3.64. The molecule has 11 heteroatoms. The third-order valence-electron chi connectivity index (χ3n) is 5.05. The zero-order valence-corrected chi connectivity index (χ0v) is 16.2. The second-order valence-electron chi connectivity index (χ2n) is 7.14. The molecule has 0 radical (unpaired) electrons. The van der Waals surface area contributed by atoms with Gasteiger partial charge in [0.25, 0.3) is 0 Å². The van der Waals surface area contributed by atoms with Crippen LogP contribution in [0.2, 0.25) is 0 Å². The van der Waals surface area contributed by atoms with Gasteiger partial charge in [0.2, 0.25) is 12.0 Å². The highest BCUT2D eigenvalue weighted by Gasteiger charge is 2.48. The van der Waals surface area contributed by atoms with Gasteiger partial charge in [-0.3, -0.25) is 4.79 Å². The lowest BCUT2D eigenvalue weighted by Gasteiger charge is -2.38. The number of hydrogen-bond acceptors (Lipinski definition) is 10. The van der Waals surface area contributed by atoms with Crippen LogP contribution in [0.25, 0.3) is 22.3 Å². The fourth-order valence-corrected chi connectivity index (χ4v) is 3.38. The number of rotatable bonds is 4. The maximum Gasteiger partial charge on any atom is 0.335 e. The number of ether oxygens (including phenoxy) is 2. The number of phenolic OH excluding ortho intramolecular Hbond substituents is 2. The largest absolute Gasteiger partial charge is 0.504 e. The normalized spacial score (nSPS) is 25.5. The predicted octanol–water partition coefficient (Wildman–Crippen LogP) is 0.142. The van der Waals surface area contributed by atoms with Crippen LogP contribution in [0.5, 0.6) is 17.2 Å². The number of phenols is 2. The molecule has 1 aliphatic heterocycles. The summed E-state index contributed by atoms with van der Waals surface area (Å²) < 4.78 is 16.0. The number of aliphatic carboxylic acids is 1. The maximum absolute atomic E-state index is 12.5. The Morgan fingerprint density at radius 2 is 1.62 bits per heavy atom. The summed E-state index contributed by atoms with van der Waals surface area (Å²) in [6, 6.07) is 10.8. The molecule has 4 rings (SSSR count). The number of carboxylic acid groups (broad SMARTS) is 1. The van der Waals surface area contributed by atoms with Gasteiger partial charge in [0, 0.05) is 17.7 Å². The van der Waals surface area contributed by atoms with Crippen molar-refractivity contribution in [1.82, 2.24) is 0 Å². The standard InChI is InChI=1S/C21H18O11/c22-9-6-10(8-4-2-1-3-5-8)30-11-7-12(14(23)15(24)13(9)11)31-21-18(27)16(25)17(26)19(32-21)20(28)29/h1-7,16-19,21,23-27H,(H,28,29)/t16-,17+,18-,19+,21-/m1/s1. The van der Waals surface area contributed by atoms with Gasteiger partial charge >= 0.3 is 5.97 Å². The van der Waals surface area contributed by atoms with Crippen LogP contribution in [0, 0.1) is 0 Å². The highest BCUT2D eigenvalue weighted by atomic mass is 16.7. The lowest BCUT2D eigenvalue weighted by molar-refractivity contribution is -0.271. The lowest BCUT2D eigenvalue weighted by atomic mass is 9.99. The van der Waals surface area contributed by atoms with E-state index in [0.717, 1.165) is 12.1 Å². The van der Waals surface area contributed by atoms with Crippen LogP contribution in [0.15, 0.2) is 51.7 Å². The Balaban J connectivity index is 1.77. The SMILES string of the molecule is O=C(O)[C@H]1O[C@@H](Oc2cc3oc(-c4ccccc4)cc(=O)c3c(O)c2O)[C@H](O)[C@H](O)[C@@H]1O. The van der Waals surface area contributed by atoms with Crippen molar-refractivity contribution in [3.8, 4) is 28.6 Å². The molecule has 0 unspecified atom stereocenters. The zero-order chi connectivity index (χ0) is 23.2. The van der Waals surface area contributed by atoms with Gasteiger partial charge in [0.1, 0.15) is 35.0 Å². The first-order valence-corrected chi connectivity index (χ1v) is 9.36. The van der Waals surface area contributed by atoms with Gasteiger partial charge in [-0.25, -0.2) is 4.79 Å². The van der Waals surface area contributed by atoms with Gasteiger partial charge in [0.15, 0.2) is 23.0 Å². The van der Waals surface area contributed by atoms with Crippen molar-refractivity contribution in [3.63, 3.8) is 0 Å². The van der Waals surface area contributed by atoms with Gasteiger partial charge in [-0.15, -0.1) is 0 Å². The van der Waals surface area contributed by atoms with Crippen molar-refractivity contribution in [2.24, 2.45) is 0 Å². The van der Waals surface area contributed by atoms with Crippen molar-refractivity contribution in [3.05, 3.63) is 52.7 Å². The first-order chi connectivity index (χ1) is 15.2. The van der Waals surface area contributed by atoms with Crippen molar-refractivity contribution in [2.75, 3.05) is 0 Å². The number of benzene rings is 2. The Kier molecular flexibility index (Phi) is 5.48. The number of fused-ring (bicyclic) bond motifs is 1. The van der Waals surface area contributed by atoms with E-state index in [2.05, 4.69) is 0 Å². The molecule has 1 aromatic heterocycles. The van der Waals surface area contributed by atoms with Crippen molar-refractivity contribution >= 4 is 16.9 Å². The molecule has 0 bridgehead atoms. The quantitative estimate of drug-likeness (QED) is 0.299. The monoisotopic (exact) mass is 446 g/mol. The van der Waals surface area contributed by atoms with E-state index >= 15 is 0 Å². The molecule has 32 heavy (non-hydrogen) atoms. The predicted molar refractivity (Wildman–Crippen MR) is 106 cm³/mol. The van der Waals surface area contributed by atoms with E-state index in [1.165, 1.54) is 0 Å². The van der Waals surface area contributed by atoms with Crippen LogP contribution in [0.4, 0.5) is 0 Å². The molecule has 0 amide bonds. The average molecular weight is 446 g/mol. The second-order valence-corrected chi connectivity index (χ2v) is 7.14. The smallest absolute Gasteiger partial charge is 0.335 e. The number of aromatic hydroxyl groups is 2. The van der Waals surface area contributed by atoms with Crippen LogP contribution >= 0.6 is 0 Å². The molecule has 1 aliphatic rings. The summed E-state index contributed by atoms with van der Waals surface area (Å²) in [6.45, 7) is 0. The van der Waals surface area contributed by atoms with Gasteiger partial charge in [0.05, 0.1) is 0 Å². The third-order valence-corrected chi connectivity index (χ3v) is 5.05. The summed E-state index contributed by atoms with van der Waals surface area (Å²) in [7, 11) is 0. The van der Waals surface area contributed by atoms with Crippen molar-refractivity contribution < 1.29 is 49.3 Å². The van der Waals surface area contributed by atoms with E-state index in [4.69, 9.17) is 19.0 Å². The fourth-order valence-electron chi connectivity index (χ4n) is 3.38. The number of aliphatic hydroxyl groups excluding tert-OH is 3. The molecule has 2 heterocycles. The first kappa shape index (κ1) is 21.6. The topological polar surface area (TPSA) is 187 Å². The van der Waals surface area contributed by atoms with Crippen LogP contribution in [-0.4, -0.2) is 67.3 Å². The molecule has 168 valence electrons. The minimum Gasteiger partial charge on any atom is -0.504 e. The van der Waals surface area contributed by atoms with Crippen LogP contribution in [0.3, 0.4) is 0 Å². The molecule has 5 atom stereocenters. The summed E-state index contributed by atoms with van der Waals surface area (Å²) in [5, 5.41) is 59.2. The summed E-state index contributed by atoms with van der Waals surface area (Å²) >= 11 is 0. The van der Waals surface area contributed by atoms with E-state index < -0.39 is 59.4 Å². The Morgan fingerprint density at radius 1 is 0.938 bits per heavy atom. The van der Waals surface area contributed by atoms with Crippen LogP contribution < -0.4 is 10.2 Å². The van der Waals surface area contributed by atoms with Gasteiger partial charge in [-0.2, -0.15) is 0 Å². The summed E-state index contributed by atoms with van der Waals surface area (Å²) in [4.78, 5) is 23.8. The summed E-state index contributed by atoms with van der Waals surface area (Å²) in [6.07, 6.45) is -9.56. The van der Waals surface area contributed by atoms with E-state index in [1.807, 2.05) is 0 Å². The van der Waals surface area contributed by atoms with Crippen molar-refractivity contribution in [2.45, 2.75) is 30.7 Å². The lowest BCUT2D eigenvalue weighted by Crippen LogP contribution is -2.61. The van der Waals surface area contributed by atoms with Gasteiger partial charge in [-0.1, -0.05) is 30.3 Å². The minimum atomic E-state index is -1.94. The van der Waals surface area contributed by atoms with Crippen molar-refractivity contribution in [1.29, 1.82) is 0 Å². The zero-order valence-electron chi connectivity index (χ0n) is 16.2. The van der Waals surface area contributed by atoms with Crippen LogP contribution in [-0.2, 0) is 9.53 Å². The Morgan fingerprint density at radius 3 is 2.28 bits per heavy atom. The molecule has 0 saturated carbocycles. The summed E-state index contributed by atoms with van der Waals surface area (Å²) in [5.41, 5.74) is -0.265. The average Bonchev–Trinajstić information content (AvgIpc) is 2.77. The van der Waals surface area contributed by atoms with E-state index in [1.54, 1.807) is 30.3 Å². The molecular formula is C21H18O11. The molecular weight excluding hydrogens is 428 g/mol. The number of hydrogen-bond donors (Lipinski definition) is 6. The van der Waals surface area contributed by atoms with E-state index in [0.29, 0.717) is 5.56 Å². The van der Waals surface area contributed by atoms with E-state index in [-0.39, 0.29) is 16.7 Å². The summed E-state index contributed by atoms with van der Waals surface area (Å²) in [5.74, 6) is -3.76. The van der Waals surface area contributed by atoms with Gasteiger partial charge < -0.3 is 44.5 Å². The molecule has 1 fully saturated rings. The number of aliphatic hydroxyl groups is 3. The molecule has 3 aromatic rings. The third kappa shape index (κ3) is 3.63. The van der Waals surface area contributed by atoms with Gasteiger partial charge in [-0.05, 0) is 0 Å².